The number of nitrogens with one attached hydrogen (secondary N) is 2. The number of hydrazone groups is 1. The molecule has 2 aromatic carbocycles. The van der Waals surface area contributed by atoms with E-state index in [1.807, 2.05) is 0 Å². The molecule has 0 atom stereocenters. The quantitative estimate of drug-likeness (QED) is 0.233. The number of nitriles is 2. The fourth-order valence-corrected chi connectivity index (χ4v) is 3.90. The molecule has 160 valence electrons. The van der Waals surface area contributed by atoms with E-state index in [-0.39, 0.29) is 16.9 Å². The second kappa shape index (κ2) is 8.76. The van der Waals surface area contributed by atoms with Crippen molar-refractivity contribution < 1.29 is 26.3 Å². The van der Waals surface area contributed by atoms with Gasteiger partial charge in [0, 0.05) is 12.1 Å². The van der Waals surface area contributed by atoms with Crippen molar-refractivity contribution in [3.63, 3.8) is 0 Å². The van der Waals surface area contributed by atoms with Crippen LogP contribution in [0, 0.1) is 39.7 Å². The lowest BCUT2D eigenvalue weighted by atomic mass is 10.1. The summed E-state index contributed by atoms with van der Waals surface area (Å²) in [5.41, 5.74) is 0.806. The summed E-state index contributed by atoms with van der Waals surface area (Å²) in [5, 5.41) is 31.8. The number of hydrogen-bond acceptors (Lipinski definition) is 10. The molecule has 0 saturated heterocycles. The average Bonchev–Trinajstić information content (AvgIpc) is 2.70. The smallest absolute Gasteiger partial charge is 0.282 e. The van der Waals surface area contributed by atoms with Gasteiger partial charge in [-0.3, -0.25) is 24.8 Å². The molecule has 2 rings (SSSR count). The number of rotatable bonds is 7. The minimum atomic E-state index is -4.80. The first-order valence-electron chi connectivity index (χ1n) is 7.92. The van der Waals surface area contributed by atoms with Gasteiger partial charge >= 0.3 is 0 Å². The maximum Gasteiger partial charge on any atom is 0.294 e. The number of sulfonamides is 1. The summed E-state index contributed by atoms with van der Waals surface area (Å²) in [4.78, 5) is 8.92. The molecule has 0 aliphatic carbocycles. The van der Waals surface area contributed by atoms with Gasteiger partial charge < -0.3 is 0 Å². The normalized spacial score (nSPS) is 11.0. The SMILES string of the molecule is Cc1c(NN=C(C#N)C#N)cc(S(=O)(=O)O)cc1NS(=O)(=O)c1cccc([N+](=O)[O-])c1. The van der Waals surface area contributed by atoms with Crippen molar-refractivity contribution in [1.82, 2.24) is 0 Å². The van der Waals surface area contributed by atoms with Crippen molar-refractivity contribution in [1.29, 1.82) is 10.5 Å². The van der Waals surface area contributed by atoms with Gasteiger partial charge in [0.15, 0.2) is 0 Å². The molecule has 0 heterocycles. The molecule has 0 aromatic heterocycles. The molecule has 0 fully saturated rings. The minimum Gasteiger partial charge on any atom is -0.282 e. The second-order valence-electron chi connectivity index (χ2n) is 5.77. The Morgan fingerprint density at radius 3 is 2.26 bits per heavy atom. The predicted octanol–water partition coefficient (Wildman–Crippen LogP) is 1.77. The van der Waals surface area contributed by atoms with Crippen LogP contribution < -0.4 is 10.1 Å². The van der Waals surface area contributed by atoms with E-state index in [0.29, 0.717) is 0 Å². The van der Waals surface area contributed by atoms with E-state index >= 15 is 0 Å². The summed E-state index contributed by atoms with van der Waals surface area (Å²) in [7, 11) is -9.21. The summed E-state index contributed by atoms with van der Waals surface area (Å²) in [6, 6.07) is 8.80. The van der Waals surface area contributed by atoms with Crippen LogP contribution in [0.2, 0.25) is 0 Å². The Kier molecular flexibility index (Phi) is 6.56. The van der Waals surface area contributed by atoms with Crippen LogP contribution in [0.25, 0.3) is 0 Å². The Hall–Kier alpha value is -4.05. The molecule has 3 N–H and O–H groups in total. The molecule has 0 unspecified atom stereocenters. The molecule has 0 spiro atoms. The first-order valence-corrected chi connectivity index (χ1v) is 10.8. The Labute approximate surface area is 176 Å². The minimum absolute atomic E-state index is 0.0837. The lowest BCUT2D eigenvalue weighted by molar-refractivity contribution is -0.385. The highest BCUT2D eigenvalue weighted by molar-refractivity contribution is 7.92. The van der Waals surface area contributed by atoms with Crippen molar-refractivity contribution in [2.75, 3.05) is 10.1 Å². The average molecular weight is 464 g/mol. The largest absolute Gasteiger partial charge is 0.294 e. The van der Waals surface area contributed by atoms with E-state index < -0.39 is 46.3 Å². The Bertz CT molecular complexity index is 1370. The van der Waals surface area contributed by atoms with E-state index in [4.69, 9.17) is 10.5 Å². The standard InChI is InChI=1S/C16H12N6O7S2/c1-10-15(20-19-11(8-17)9-18)6-14(31(27,28)29)7-16(10)21-30(25,26)13-4-2-3-12(5-13)22(23)24/h2-7,20-21H,1H3,(H,27,28,29). The molecular formula is C16H12N6O7S2. The molecule has 0 radical (unpaired) electrons. The van der Waals surface area contributed by atoms with Gasteiger partial charge in [0.1, 0.15) is 12.1 Å². The predicted molar refractivity (Wildman–Crippen MR) is 107 cm³/mol. The summed E-state index contributed by atoms with van der Waals surface area (Å²) < 4.78 is 60.0. The first kappa shape index (κ1) is 23.2. The van der Waals surface area contributed by atoms with Gasteiger partial charge in [0.2, 0.25) is 5.71 Å². The van der Waals surface area contributed by atoms with E-state index in [0.717, 1.165) is 36.4 Å². The van der Waals surface area contributed by atoms with Crippen molar-refractivity contribution >= 4 is 42.9 Å². The van der Waals surface area contributed by atoms with Crippen LogP contribution in [0.15, 0.2) is 51.3 Å². The van der Waals surface area contributed by atoms with Crippen molar-refractivity contribution in [2.24, 2.45) is 5.10 Å². The molecule has 0 aliphatic rings. The number of anilines is 2. The Morgan fingerprint density at radius 1 is 1.10 bits per heavy atom. The molecule has 0 aliphatic heterocycles. The van der Waals surface area contributed by atoms with Crippen molar-refractivity contribution in [3.8, 4) is 12.1 Å². The highest BCUT2D eigenvalue weighted by Crippen LogP contribution is 2.30. The number of nitrogens with zero attached hydrogens (tertiary/aromatic N) is 4. The monoisotopic (exact) mass is 464 g/mol. The molecule has 0 amide bonds. The third-order valence-corrected chi connectivity index (χ3v) is 5.96. The van der Waals surface area contributed by atoms with E-state index in [2.05, 4.69) is 15.2 Å². The van der Waals surface area contributed by atoms with Gasteiger partial charge in [-0.25, -0.2) is 8.42 Å². The zero-order chi connectivity index (χ0) is 23.4. The third-order valence-electron chi connectivity index (χ3n) is 3.76. The highest BCUT2D eigenvalue weighted by atomic mass is 32.2. The van der Waals surface area contributed by atoms with Crippen LogP contribution in [0.5, 0.6) is 0 Å². The third kappa shape index (κ3) is 5.52. The zero-order valence-corrected chi connectivity index (χ0v) is 17.1. The highest BCUT2D eigenvalue weighted by Gasteiger charge is 2.22. The van der Waals surface area contributed by atoms with Gasteiger partial charge in [-0.1, -0.05) is 6.07 Å². The van der Waals surface area contributed by atoms with Crippen LogP contribution in [-0.2, 0) is 20.1 Å². The molecule has 13 nitrogen and oxygen atoms in total. The molecular weight excluding hydrogens is 452 g/mol. The fourth-order valence-electron chi connectivity index (χ4n) is 2.22. The molecule has 2 aromatic rings. The Morgan fingerprint density at radius 2 is 1.71 bits per heavy atom. The van der Waals surface area contributed by atoms with Gasteiger partial charge in [0.25, 0.3) is 25.8 Å². The van der Waals surface area contributed by atoms with E-state index in [1.165, 1.54) is 19.1 Å². The first-order chi connectivity index (χ1) is 14.4. The van der Waals surface area contributed by atoms with E-state index in [1.54, 1.807) is 0 Å². The van der Waals surface area contributed by atoms with Crippen LogP contribution in [0.3, 0.4) is 0 Å². The second-order valence-corrected chi connectivity index (χ2v) is 8.88. The maximum atomic E-state index is 12.7. The van der Waals surface area contributed by atoms with E-state index in [9.17, 15) is 31.5 Å². The lowest BCUT2D eigenvalue weighted by Crippen LogP contribution is -2.15. The van der Waals surface area contributed by atoms with Crippen LogP contribution in [-0.4, -0.2) is 32.0 Å². The number of nitro benzene ring substituents is 1. The summed E-state index contributed by atoms with van der Waals surface area (Å²) in [6.07, 6.45) is 0. The molecule has 0 bridgehead atoms. The zero-order valence-electron chi connectivity index (χ0n) is 15.5. The molecule has 31 heavy (non-hydrogen) atoms. The maximum absolute atomic E-state index is 12.7. The van der Waals surface area contributed by atoms with Crippen molar-refractivity contribution in [2.45, 2.75) is 16.7 Å². The number of non-ortho nitro benzene ring substituents is 1. The van der Waals surface area contributed by atoms with Gasteiger partial charge in [0.05, 0.1) is 26.1 Å². The lowest BCUT2D eigenvalue weighted by Gasteiger charge is -2.15. The summed E-state index contributed by atoms with van der Waals surface area (Å²) in [5.74, 6) is 0. The molecule has 0 saturated carbocycles. The fraction of sp³-hybridized carbons (Fsp3) is 0.0625. The number of nitro groups is 1. The summed E-state index contributed by atoms with van der Waals surface area (Å²) in [6.45, 7) is 1.36. The Balaban J connectivity index is 2.60. The van der Waals surface area contributed by atoms with Gasteiger partial charge in [-0.15, -0.1) is 0 Å². The topological polar surface area (TPSA) is 216 Å². The van der Waals surface area contributed by atoms with Crippen LogP contribution in [0.4, 0.5) is 17.1 Å². The van der Waals surface area contributed by atoms with Crippen molar-refractivity contribution in [3.05, 3.63) is 52.1 Å². The van der Waals surface area contributed by atoms with Gasteiger partial charge in [-0.2, -0.15) is 24.0 Å². The van der Waals surface area contributed by atoms with Gasteiger partial charge in [-0.05, 0) is 30.7 Å². The summed E-state index contributed by atoms with van der Waals surface area (Å²) >= 11 is 0. The van der Waals surface area contributed by atoms with Crippen LogP contribution >= 0.6 is 0 Å². The number of hydrogen-bond donors (Lipinski definition) is 3. The molecule has 15 heteroatoms. The van der Waals surface area contributed by atoms with Crippen LogP contribution in [0.1, 0.15) is 5.56 Å². The number of benzene rings is 2.